The summed E-state index contributed by atoms with van der Waals surface area (Å²) in [4.78, 5) is 25.9. The van der Waals surface area contributed by atoms with Gasteiger partial charge in [0.2, 0.25) is 5.91 Å². The van der Waals surface area contributed by atoms with Crippen LogP contribution in [0.25, 0.3) is 0 Å². The third-order valence-electron chi connectivity index (χ3n) is 5.36. The third kappa shape index (κ3) is 4.24. The fourth-order valence-corrected chi connectivity index (χ4v) is 3.70. The van der Waals surface area contributed by atoms with E-state index in [2.05, 4.69) is 15.6 Å². The maximum atomic E-state index is 12.5. The molecule has 2 amide bonds. The Morgan fingerprint density at radius 2 is 2.17 bits per heavy atom. The number of benzene rings is 1. The lowest BCUT2D eigenvalue weighted by atomic mass is 10.1. The van der Waals surface area contributed by atoms with E-state index in [1.165, 1.54) is 0 Å². The number of nitrogens with zero attached hydrogens (tertiary/aromatic N) is 4. The van der Waals surface area contributed by atoms with Crippen molar-refractivity contribution in [3.8, 4) is 5.75 Å². The standard InChI is InChI=1S/C20H25N5O4/c1-28-15-7-5-14(6-8-15)17-12-25-16(13-29-17)19(22-23-25)20(27)21-9-3-11-24-10-2-4-18(24)26/h5-8,17H,2-4,9-13H2,1H3,(H,21,27)/t17-/m1/s1. The summed E-state index contributed by atoms with van der Waals surface area (Å²) in [5.74, 6) is 0.733. The summed E-state index contributed by atoms with van der Waals surface area (Å²) >= 11 is 0. The molecule has 1 aromatic heterocycles. The molecule has 4 rings (SSSR count). The maximum Gasteiger partial charge on any atom is 0.273 e. The number of nitrogens with one attached hydrogen (secondary N) is 1. The zero-order chi connectivity index (χ0) is 20.2. The van der Waals surface area contributed by atoms with Crippen molar-refractivity contribution in [2.75, 3.05) is 26.7 Å². The molecule has 0 bridgehead atoms. The van der Waals surface area contributed by atoms with Crippen molar-refractivity contribution in [2.24, 2.45) is 0 Å². The number of methoxy groups -OCH3 is 1. The molecular weight excluding hydrogens is 374 g/mol. The molecule has 1 N–H and O–H groups in total. The molecule has 1 fully saturated rings. The first-order chi connectivity index (χ1) is 14.2. The van der Waals surface area contributed by atoms with Gasteiger partial charge in [0.05, 0.1) is 26.0 Å². The summed E-state index contributed by atoms with van der Waals surface area (Å²) in [6, 6.07) is 7.71. The Bertz CT molecular complexity index is 879. The Balaban J connectivity index is 1.31. The number of carbonyl (C=O) groups is 2. The van der Waals surface area contributed by atoms with Crippen LogP contribution < -0.4 is 10.1 Å². The minimum absolute atomic E-state index is 0.149. The van der Waals surface area contributed by atoms with Gasteiger partial charge in [-0.15, -0.1) is 5.10 Å². The van der Waals surface area contributed by atoms with Gasteiger partial charge in [-0.05, 0) is 30.5 Å². The number of aromatic nitrogens is 3. The second kappa shape index (κ2) is 8.60. The van der Waals surface area contributed by atoms with E-state index in [4.69, 9.17) is 9.47 Å². The molecule has 1 atom stereocenters. The Morgan fingerprint density at radius 1 is 1.34 bits per heavy atom. The van der Waals surface area contributed by atoms with Gasteiger partial charge in [-0.2, -0.15) is 0 Å². The van der Waals surface area contributed by atoms with E-state index in [9.17, 15) is 9.59 Å². The number of carbonyl (C=O) groups excluding carboxylic acids is 2. The van der Waals surface area contributed by atoms with E-state index in [0.717, 1.165) is 30.7 Å². The lowest BCUT2D eigenvalue weighted by Gasteiger charge is -2.24. The van der Waals surface area contributed by atoms with E-state index >= 15 is 0 Å². The minimum atomic E-state index is -0.259. The number of likely N-dealkylation sites (tertiary alicyclic amines) is 1. The van der Waals surface area contributed by atoms with Crippen LogP contribution in [0.5, 0.6) is 5.75 Å². The quantitative estimate of drug-likeness (QED) is 0.705. The molecule has 0 aliphatic carbocycles. The first kappa shape index (κ1) is 19.4. The van der Waals surface area contributed by atoms with Gasteiger partial charge in [-0.3, -0.25) is 9.59 Å². The molecule has 2 aromatic rings. The number of fused-ring (bicyclic) bond motifs is 1. The van der Waals surface area contributed by atoms with Gasteiger partial charge in [-0.25, -0.2) is 4.68 Å². The zero-order valence-electron chi connectivity index (χ0n) is 16.5. The van der Waals surface area contributed by atoms with E-state index in [-0.39, 0.29) is 24.5 Å². The smallest absolute Gasteiger partial charge is 0.273 e. The molecule has 29 heavy (non-hydrogen) atoms. The molecule has 3 heterocycles. The predicted octanol–water partition coefficient (Wildman–Crippen LogP) is 1.30. The van der Waals surface area contributed by atoms with Crippen LogP contribution in [0.2, 0.25) is 0 Å². The van der Waals surface area contributed by atoms with Gasteiger partial charge in [0.1, 0.15) is 11.9 Å². The largest absolute Gasteiger partial charge is 0.497 e. The number of hydrogen-bond donors (Lipinski definition) is 1. The highest BCUT2D eigenvalue weighted by Gasteiger charge is 2.27. The topological polar surface area (TPSA) is 98.6 Å². The van der Waals surface area contributed by atoms with Gasteiger partial charge < -0.3 is 19.7 Å². The fourth-order valence-electron chi connectivity index (χ4n) is 3.70. The second-order valence-electron chi connectivity index (χ2n) is 7.23. The van der Waals surface area contributed by atoms with Crippen LogP contribution in [0, 0.1) is 0 Å². The lowest BCUT2D eigenvalue weighted by Crippen LogP contribution is -2.31. The van der Waals surface area contributed by atoms with Crippen molar-refractivity contribution >= 4 is 11.8 Å². The normalized spacial score (nSPS) is 18.6. The van der Waals surface area contributed by atoms with E-state index in [0.29, 0.717) is 37.4 Å². The Labute approximate surface area is 169 Å². The molecule has 0 radical (unpaired) electrons. The summed E-state index contributed by atoms with van der Waals surface area (Å²) in [6.45, 7) is 2.75. The van der Waals surface area contributed by atoms with Crippen molar-refractivity contribution in [3.63, 3.8) is 0 Å². The predicted molar refractivity (Wildman–Crippen MR) is 103 cm³/mol. The summed E-state index contributed by atoms with van der Waals surface area (Å²) in [6.07, 6.45) is 2.13. The van der Waals surface area contributed by atoms with E-state index in [1.807, 2.05) is 29.2 Å². The molecule has 9 nitrogen and oxygen atoms in total. The molecule has 2 aliphatic rings. The highest BCUT2D eigenvalue weighted by Crippen LogP contribution is 2.28. The monoisotopic (exact) mass is 399 g/mol. The number of ether oxygens (including phenoxy) is 2. The van der Waals surface area contributed by atoms with Gasteiger partial charge in [-0.1, -0.05) is 17.3 Å². The summed E-state index contributed by atoms with van der Waals surface area (Å²) < 4.78 is 12.9. The third-order valence-corrected chi connectivity index (χ3v) is 5.36. The molecule has 1 aromatic carbocycles. The molecule has 0 spiro atoms. The first-order valence-corrected chi connectivity index (χ1v) is 9.89. The molecule has 9 heteroatoms. The van der Waals surface area contributed by atoms with Crippen LogP contribution in [0.4, 0.5) is 0 Å². The van der Waals surface area contributed by atoms with Crippen LogP contribution in [0.1, 0.15) is 47.1 Å². The Hall–Kier alpha value is -2.94. The van der Waals surface area contributed by atoms with E-state index < -0.39 is 0 Å². The van der Waals surface area contributed by atoms with Crippen molar-refractivity contribution in [2.45, 2.75) is 38.5 Å². The highest BCUT2D eigenvalue weighted by molar-refractivity contribution is 5.93. The maximum absolute atomic E-state index is 12.5. The van der Waals surface area contributed by atoms with Crippen molar-refractivity contribution in [1.82, 2.24) is 25.2 Å². The Kier molecular flexibility index (Phi) is 5.75. The number of rotatable bonds is 7. The van der Waals surface area contributed by atoms with Crippen LogP contribution in [0.15, 0.2) is 24.3 Å². The fraction of sp³-hybridized carbons (Fsp3) is 0.500. The molecule has 2 aliphatic heterocycles. The average Bonchev–Trinajstić information content (AvgIpc) is 3.36. The van der Waals surface area contributed by atoms with Crippen LogP contribution in [0.3, 0.4) is 0 Å². The summed E-state index contributed by atoms with van der Waals surface area (Å²) in [5, 5.41) is 11.1. The van der Waals surface area contributed by atoms with Gasteiger partial charge in [0.25, 0.3) is 5.91 Å². The lowest BCUT2D eigenvalue weighted by molar-refractivity contribution is -0.127. The van der Waals surface area contributed by atoms with Crippen molar-refractivity contribution in [1.29, 1.82) is 0 Å². The second-order valence-corrected chi connectivity index (χ2v) is 7.23. The van der Waals surface area contributed by atoms with Crippen molar-refractivity contribution < 1.29 is 19.1 Å². The van der Waals surface area contributed by atoms with Crippen LogP contribution >= 0.6 is 0 Å². The van der Waals surface area contributed by atoms with Crippen molar-refractivity contribution in [3.05, 3.63) is 41.2 Å². The minimum Gasteiger partial charge on any atom is -0.497 e. The van der Waals surface area contributed by atoms with Gasteiger partial charge in [0, 0.05) is 26.1 Å². The highest BCUT2D eigenvalue weighted by atomic mass is 16.5. The average molecular weight is 399 g/mol. The first-order valence-electron chi connectivity index (χ1n) is 9.89. The Morgan fingerprint density at radius 3 is 2.90 bits per heavy atom. The van der Waals surface area contributed by atoms with Crippen LogP contribution in [-0.2, 0) is 22.7 Å². The molecule has 0 saturated carbocycles. The molecular formula is C20H25N5O4. The summed E-state index contributed by atoms with van der Waals surface area (Å²) in [5.41, 5.74) is 2.01. The van der Waals surface area contributed by atoms with Crippen LogP contribution in [-0.4, -0.2) is 58.5 Å². The summed E-state index contributed by atoms with van der Waals surface area (Å²) in [7, 11) is 1.63. The van der Waals surface area contributed by atoms with Gasteiger partial charge >= 0.3 is 0 Å². The molecule has 0 unspecified atom stereocenters. The van der Waals surface area contributed by atoms with Gasteiger partial charge in [0.15, 0.2) is 5.69 Å². The number of hydrogen-bond acceptors (Lipinski definition) is 6. The SMILES string of the molecule is COc1ccc([C@H]2Cn3nnc(C(=O)NCCCN4CCCC4=O)c3CO2)cc1. The van der Waals surface area contributed by atoms with E-state index in [1.54, 1.807) is 11.8 Å². The molecule has 154 valence electrons. The number of amides is 2. The zero-order valence-corrected chi connectivity index (χ0v) is 16.5. The molecule has 1 saturated heterocycles.